The number of amides is 1. The van der Waals surface area contributed by atoms with Gasteiger partial charge in [-0.25, -0.2) is 9.37 Å². The van der Waals surface area contributed by atoms with Crippen LogP contribution < -0.4 is 4.74 Å². The number of benzene rings is 2. The Morgan fingerprint density at radius 3 is 3.03 bits per heavy atom. The largest absolute Gasteiger partial charge is 0.489 e. The van der Waals surface area contributed by atoms with Crippen LogP contribution >= 0.6 is 0 Å². The molecule has 1 N–H and O–H groups in total. The van der Waals surface area contributed by atoms with Gasteiger partial charge < -0.3 is 14.6 Å². The van der Waals surface area contributed by atoms with E-state index in [0.717, 1.165) is 61.6 Å². The number of carbonyl (C=O) groups excluding carboxylic acids is 1. The molecule has 2 unspecified atom stereocenters. The quantitative estimate of drug-likeness (QED) is 0.657. The highest BCUT2D eigenvalue weighted by Gasteiger charge is 2.30. The Morgan fingerprint density at radius 1 is 1.25 bits per heavy atom. The van der Waals surface area contributed by atoms with Crippen molar-refractivity contribution in [2.45, 2.75) is 51.3 Å². The number of hydrogen-bond donors (Lipinski definition) is 1. The smallest absolute Gasteiger partial charge is 0.224 e. The normalized spacial score (nSPS) is 21.8. The number of aromatic nitrogens is 2. The van der Waals surface area contributed by atoms with Gasteiger partial charge >= 0.3 is 0 Å². The van der Waals surface area contributed by atoms with Crippen LogP contribution in [0.3, 0.4) is 0 Å². The van der Waals surface area contributed by atoms with E-state index >= 15 is 0 Å². The second kappa shape index (κ2) is 8.90. The topological polar surface area (TPSA) is 61.5 Å². The molecule has 0 radical (unpaired) electrons. The van der Waals surface area contributed by atoms with E-state index in [9.17, 15) is 9.18 Å². The maximum atomic E-state index is 13.6. The number of imidazole rings is 1. The fraction of sp³-hybridized carbons (Fsp3) is 0.440. The number of ether oxygens (including phenoxy) is 1. The van der Waals surface area contributed by atoms with Crippen molar-refractivity contribution in [3.63, 3.8) is 0 Å². The van der Waals surface area contributed by atoms with Crippen LogP contribution in [0.4, 0.5) is 4.39 Å². The molecule has 7 heteroatoms. The zero-order valence-corrected chi connectivity index (χ0v) is 18.4. The third-order valence-electron chi connectivity index (χ3n) is 6.45. The highest BCUT2D eigenvalue weighted by atomic mass is 19.1. The summed E-state index contributed by atoms with van der Waals surface area (Å²) in [6.07, 6.45) is 3.46. The van der Waals surface area contributed by atoms with Crippen molar-refractivity contribution >= 4 is 16.9 Å². The molecule has 2 atom stereocenters. The van der Waals surface area contributed by atoms with Crippen LogP contribution in [-0.2, 0) is 11.3 Å². The van der Waals surface area contributed by atoms with E-state index in [1.165, 1.54) is 12.1 Å². The number of likely N-dealkylation sites (tertiary alicyclic amines) is 1. The van der Waals surface area contributed by atoms with Gasteiger partial charge in [0, 0.05) is 38.2 Å². The van der Waals surface area contributed by atoms with Crippen LogP contribution in [0.25, 0.3) is 11.0 Å². The lowest BCUT2D eigenvalue weighted by Gasteiger charge is -2.35. The number of aromatic amines is 1. The first kappa shape index (κ1) is 20.9. The van der Waals surface area contributed by atoms with Crippen molar-refractivity contribution < 1.29 is 13.9 Å². The summed E-state index contributed by atoms with van der Waals surface area (Å²) in [5.41, 5.74) is 2.57. The zero-order chi connectivity index (χ0) is 22.1. The molecule has 0 bridgehead atoms. The highest BCUT2D eigenvalue weighted by molar-refractivity contribution is 5.78. The summed E-state index contributed by atoms with van der Waals surface area (Å²) in [5, 5.41) is 0. The molecule has 1 fully saturated rings. The Labute approximate surface area is 187 Å². The molecule has 3 aromatic rings. The maximum Gasteiger partial charge on any atom is 0.224 e. The first-order valence-corrected chi connectivity index (χ1v) is 11.5. The number of hydrogen-bond acceptors (Lipinski definition) is 4. The van der Waals surface area contributed by atoms with Gasteiger partial charge in [0.05, 0.1) is 17.1 Å². The molecule has 5 rings (SSSR count). The van der Waals surface area contributed by atoms with Crippen LogP contribution in [0.2, 0.25) is 0 Å². The number of nitrogens with zero attached hydrogens (tertiary/aromatic N) is 3. The van der Waals surface area contributed by atoms with Crippen molar-refractivity contribution in [2.24, 2.45) is 0 Å². The van der Waals surface area contributed by atoms with E-state index in [1.807, 2.05) is 23.1 Å². The number of para-hydroxylation sites is 1. The molecule has 2 aromatic carbocycles. The van der Waals surface area contributed by atoms with Gasteiger partial charge in [-0.05, 0) is 50.5 Å². The predicted octanol–water partition coefficient (Wildman–Crippen LogP) is 4.43. The minimum absolute atomic E-state index is 0.0763. The van der Waals surface area contributed by atoms with Gasteiger partial charge in [-0.3, -0.25) is 9.69 Å². The fourth-order valence-corrected chi connectivity index (χ4v) is 4.91. The summed E-state index contributed by atoms with van der Waals surface area (Å²) in [5.74, 6) is 1.55. The number of nitrogens with one attached hydrogen (secondary N) is 1. The lowest BCUT2D eigenvalue weighted by molar-refractivity contribution is -0.135. The molecule has 2 aliphatic rings. The van der Waals surface area contributed by atoms with Gasteiger partial charge in [0.2, 0.25) is 5.91 Å². The standard InChI is InChI=1S/C25H29FN4O2/c1-17-15-29(16-18-6-2-3-8-23(18)32-17)13-11-24(31)30-12-5-4-7-22(30)25-27-20-10-9-19(26)14-21(20)28-25/h2-3,6,8-10,14,17,22H,4-5,7,11-13,15-16H2,1H3,(H,27,28). The number of halogens is 1. The van der Waals surface area contributed by atoms with Crippen LogP contribution in [0.1, 0.15) is 50.0 Å². The summed E-state index contributed by atoms with van der Waals surface area (Å²) in [4.78, 5) is 25.5. The van der Waals surface area contributed by atoms with Crippen LogP contribution in [0.5, 0.6) is 5.75 Å². The predicted molar refractivity (Wildman–Crippen MR) is 121 cm³/mol. The second-order valence-corrected chi connectivity index (χ2v) is 8.90. The van der Waals surface area contributed by atoms with E-state index in [2.05, 4.69) is 27.9 Å². The van der Waals surface area contributed by atoms with Crippen molar-refractivity contribution in [3.8, 4) is 5.75 Å². The molecular weight excluding hydrogens is 407 g/mol. The number of piperidine rings is 1. The Hall–Kier alpha value is -2.93. The molecule has 0 aliphatic carbocycles. The summed E-state index contributed by atoms with van der Waals surface area (Å²) in [6, 6.07) is 12.6. The van der Waals surface area contributed by atoms with Gasteiger partial charge in [-0.1, -0.05) is 18.2 Å². The minimum Gasteiger partial charge on any atom is -0.489 e. The summed E-state index contributed by atoms with van der Waals surface area (Å²) < 4.78 is 19.6. The van der Waals surface area contributed by atoms with Crippen molar-refractivity contribution in [1.82, 2.24) is 19.8 Å². The highest BCUT2D eigenvalue weighted by Crippen LogP contribution is 2.31. The minimum atomic E-state index is -0.290. The lowest BCUT2D eigenvalue weighted by Crippen LogP contribution is -2.41. The molecule has 168 valence electrons. The second-order valence-electron chi connectivity index (χ2n) is 8.90. The van der Waals surface area contributed by atoms with Gasteiger partial charge in [0.25, 0.3) is 0 Å². The number of H-pyrrole nitrogens is 1. The monoisotopic (exact) mass is 436 g/mol. The molecule has 32 heavy (non-hydrogen) atoms. The Bertz CT molecular complexity index is 1110. The summed E-state index contributed by atoms with van der Waals surface area (Å²) in [7, 11) is 0. The summed E-state index contributed by atoms with van der Waals surface area (Å²) in [6.45, 7) is 5.07. The first-order valence-electron chi connectivity index (χ1n) is 11.5. The maximum absolute atomic E-state index is 13.6. The van der Waals surface area contributed by atoms with E-state index < -0.39 is 0 Å². The first-order chi connectivity index (χ1) is 15.6. The fourth-order valence-electron chi connectivity index (χ4n) is 4.91. The van der Waals surface area contributed by atoms with E-state index in [0.29, 0.717) is 18.5 Å². The molecule has 1 aromatic heterocycles. The van der Waals surface area contributed by atoms with Crippen LogP contribution in [0.15, 0.2) is 42.5 Å². The van der Waals surface area contributed by atoms with Crippen LogP contribution in [-0.4, -0.2) is 51.4 Å². The summed E-state index contributed by atoms with van der Waals surface area (Å²) >= 11 is 0. The average Bonchev–Trinajstić information content (AvgIpc) is 3.13. The Morgan fingerprint density at radius 2 is 2.12 bits per heavy atom. The molecule has 3 heterocycles. The molecule has 1 saturated heterocycles. The zero-order valence-electron chi connectivity index (χ0n) is 18.4. The van der Waals surface area contributed by atoms with E-state index in [4.69, 9.17) is 4.74 Å². The van der Waals surface area contributed by atoms with Crippen molar-refractivity contribution in [1.29, 1.82) is 0 Å². The average molecular weight is 437 g/mol. The molecule has 0 saturated carbocycles. The Balaban J connectivity index is 1.28. The molecule has 1 amide bonds. The van der Waals surface area contributed by atoms with Gasteiger partial charge in [0.1, 0.15) is 23.5 Å². The van der Waals surface area contributed by atoms with Crippen LogP contribution in [0, 0.1) is 5.82 Å². The third kappa shape index (κ3) is 4.35. The molecule has 6 nitrogen and oxygen atoms in total. The van der Waals surface area contributed by atoms with E-state index in [-0.39, 0.29) is 23.9 Å². The Kier molecular flexibility index (Phi) is 5.83. The molecular formula is C25H29FN4O2. The van der Waals surface area contributed by atoms with E-state index in [1.54, 1.807) is 6.07 Å². The molecule has 2 aliphatic heterocycles. The van der Waals surface area contributed by atoms with Gasteiger partial charge in [-0.15, -0.1) is 0 Å². The number of rotatable bonds is 4. The SMILES string of the molecule is CC1CN(CCC(=O)N2CCCCC2c2nc3ccc(F)cc3[nH]2)Cc2ccccc2O1. The number of fused-ring (bicyclic) bond motifs is 2. The molecule has 0 spiro atoms. The van der Waals surface area contributed by atoms with Crippen molar-refractivity contribution in [2.75, 3.05) is 19.6 Å². The van der Waals surface area contributed by atoms with Gasteiger partial charge in [0.15, 0.2) is 0 Å². The lowest BCUT2D eigenvalue weighted by atomic mass is 10.0. The van der Waals surface area contributed by atoms with Crippen molar-refractivity contribution in [3.05, 3.63) is 59.7 Å². The van der Waals surface area contributed by atoms with Gasteiger partial charge in [-0.2, -0.15) is 0 Å². The number of carbonyl (C=O) groups is 1. The third-order valence-corrected chi connectivity index (χ3v) is 6.45.